The molecule has 2 aliphatic rings. The standard InChI is InChI=1S/C17H24N6O2/c1-18-15-3-2-13(12-19-15)16-20-17(21-25-16)23-6-4-14(5-7-23)22-8-10-24-11-9-22/h2-3,12,14H,4-11H2,1H3,(H,18,19). The van der Waals surface area contributed by atoms with E-state index in [4.69, 9.17) is 9.26 Å². The van der Waals surface area contributed by atoms with Crippen LogP contribution in [-0.4, -0.2) is 72.5 Å². The quantitative estimate of drug-likeness (QED) is 0.893. The summed E-state index contributed by atoms with van der Waals surface area (Å²) < 4.78 is 10.9. The molecule has 1 N–H and O–H groups in total. The maximum absolute atomic E-state index is 5.45. The Morgan fingerprint density at radius 1 is 1.12 bits per heavy atom. The van der Waals surface area contributed by atoms with E-state index in [0.717, 1.165) is 63.6 Å². The zero-order valence-corrected chi connectivity index (χ0v) is 14.5. The lowest BCUT2D eigenvalue weighted by molar-refractivity contribution is 0.0114. The molecule has 0 aliphatic carbocycles. The fraction of sp³-hybridized carbons (Fsp3) is 0.588. The van der Waals surface area contributed by atoms with Crippen molar-refractivity contribution < 1.29 is 9.26 Å². The maximum Gasteiger partial charge on any atom is 0.266 e. The summed E-state index contributed by atoms with van der Waals surface area (Å²) in [5.74, 6) is 2.00. The van der Waals surface area contributed by atoms with Gasteiger partial charge in [-0.15, -0.1) is 0 Å². The van der Waals surface area contributed by atoms with Crippen LogP contribution in [0.4, 0.5) is 11.8 Å². The lowest BCUT2D eigenvalue weighted by atomic mass is 10.0. The molecule has 134 valence electrons. The maximum atomic E-state index is 5.45. The van der Waals surface area contributed by atoms with Gasteiger partial charge in [0.1, 0.15) is 5.82 Å². The molecule has 0 spiro atoms. The zero-order chi connectivity index (χ0) is 17.1. The third-order valence-corrected chi connectivity index (χ3v) is 4.99. The normalized spacial score (nSPS) is 20.0. The van der Waals surface area contributed by atoms with E-state index in [0.29, 0.717) is 17.9 Å². The molecule has 0 aromatic carbocycles. The minimum absolute atomic E-state index is 0.514. The highest BCUT2D eigenvalue weighted by molar-refractivity contribution is 5.55. The van der Waals surface area contributed by atoms with Crippen molar-refractivity contribution in [3.63, 3.8) is 0 Å². The number of hydrogen-bond donors (Lipinski definition) is 1. The number of piperidine rings is 1. The molecule has 0 bridgehead atoms. The predicted molar refractivity (Wildman–Crippen MR) is 94.7 cm³/mol. The van der Waals surface area contributed by atoms with E-state index in [-0.39, 0.29) is 0 Å². The SMILES string of the molecule is CNc1ccc(-c2nc(N3CCC(N4CCOCC4)CC3)no2)cn1. The van der Waals surface area contributed by atoms with Crippen LogP contribution >= 0.6 is 0 Å². The first-order valence-electron chi connectivity index (χ1n) is 8.88. The van der Waals surface area contributed by atoms with Crippen LogP contribution in [-0.2, 0) is 4.74 Å². The molecule has 0 saturated carbocycles. The van der Waals surface area contributed by atoms with E-state index in [1.165, 1.54) is 0 Å². The van der Waals surface area contributed by atoms with Crippen LogP contribution in [0.5, 0.6) is 0 Å². The number of nitrogens with zero attached hydrogens (tertiary/aromatic N) is 5. The molecule has 0 unspecified atom stereocenters. The average molecular weight is 344 g/mol. The van der Waals surface area contributed by atoms with Gasteiger partial charge in [-0.25, -0.2) is 4.98 Å². The molecule has 8 nitrogen and oxygen atoms in total. The van der Waals surface area contributed by atoms with Gasteiger partial charge in [0.05, 0.1) is 18.8 Å². The van der Waals surface area contributed by atoms with Crippen molar-refractivity contribution in [3.05, 3.63) is 18.3 Å². The Bertz CT molecular complexity index is 675. The van der Waals surface area contributed by atoms with Crippen molar-refractivity contribution >= 4 is 11.8 Å². The topological polar surface area (TPSA) is 79.6 Å². The van der Waals surface area contributed by atoms with Crippen LogP contribution in [0.15, 0.2) is 22.9 Å². The molecule has 4 heterocycles. The number of pyridine rings is 1. The monoisotopic (exact) mass is 344 g/mol. The molecule has 2 aromatic rings. The molecule has 4 rings (SSSR count). The van der Waals surface area contributed by atoms with Crippen molar-refractivity contribution in [3.8, 4) is 11.5 Å². The fourth-order valence-corrected chi connectivity index (χ4v) is 3.50. The molecule has 2 saturated heterocycles. The number of ether oxygens (including phenoxy) is 1. The van der Waals surface area contributed by atoms with Crippen molar-refractivity contribution in [1.29, 1.82) is 0 Å². The molecule has 2 fully saturated rings. The van der Waals surface area contributed by atoms with Crippen molar-refractivity contribution in [1.82, 2.24) is 20.0 Å². The molecule has 0 atom stereocenters. The summed E-state index contributed by atoms with van der Waals surface area (Å²) >= 11 is 0. The number of anilines is 2. The lowest BCUT2D eigenvalue weighted by Crippen LogP contribution is -2.49. The minimum atomic E-state index is 0.514. The first-order valence-corrected chi connectivity index (χ1v) is 8.88. The van der Waals surface area contributed by atoms with E-state index in [1.807, 2.05) is 19.2 Å². The number of aromatic nitrogens is 3. The Hall–Kier alpha value is -2.19. The summed E-state index contributed by atoms with van der Waals surface area (Å²) in [7, 11) is 1.84. The van der Waals surface area contributed by atoms with Gasteiger partial charge in [0.15, 0.2) is 0 Å². The van der Waals surface area contributed by atoms with Crippen LogP contribution in [0.1, 0.15) is 12.8 Å². The molecule has 8 heteroatoms. The van der Waals surface area contributed by atoms with Gasteiger partial charge in [0, 0.05) is 45.5 Å². The second-order valence-electron chi connectivity index (χ2n) is 6.45. The van der Waals surface area contributed by atoms with Crippen LogP contribution in [0.2, 0.25) is 0 Å². The summed E-state index contributed by atoms with van der Waals surface area (Å²) in [5.41, 5.74) is 0.834. The van der Waals surface area contributed by atoms with Crippen molar-refractivity contribution in [2.75, 3.05) is 56.7 Å². The Labute approximate surface area is 147 Å². The van der Waals surface area contributed by atoms with Crippen LogP contribution in [0.25, 0.3) is 11.5 Å². The predicted octanol–water partition coefficient (Wildman–Crippen LogP) is 1.47. The van der Waals surface area contributed by atoms with E-state index in [9.17, 15) is 0 Å². The smallest absolute Gasteiger partial charge is 0.266 e. The van der Waals surface area contributed by atoms with Gasteiger partial charge in [-0.2, -0.15) is 4.98 Å². The fourth-order valence-electron chi connectivity index (χ4n) is 3.50. The summed E-state index contributed by atoms with van der Waals surface area (Å²) in [6, 6.07) is 4.47. The van der Waals surface area contributed by atoms with Crippen LogP contribution < -0.4 is 10.2 Å². The lowest BCUT2D eigenvalue weighted by Gasteiger charge is -2.39. The van der Waals surface area contributed by atoms with E-state index >= 15 is 0 Å². The van der Waals surface area contributed by atoms with Gasteiger partial charge < -0.3 is 19.5 Å². The van der Waals surface area contributed by atoms with Gasteiger partial charge >= 0.3 is 0 Å². The Kier molecular flexibility index (Phi) is 4.80. The van der Waals surface area contributed by atoms with Gasteiger partial charge in [-0.05, 0) is 30.1 Å². The Balaban J connectivity index is 1.37. The first-order chi connectivity index (χ1) is 12.3. The van der Waals surface area contributed by atoms with E-state index in [2.05, 4.69) is 30.2 Å². The molecule has 0 radical (unpaired) electrons. The van der Waals surface area contributed by atoms with Gasteiger partial charge in [0.2, 0.25) is 0 Å². The minimum Gasteiger partial charge on any atom is -0.379 e. The highest BCUT2D eigenvalue weighted by Gasteiger charge is 2.27. The van der Waals surface area contributed by atoms with Gasteiger partial charge in [0.25, 0.3) is 11.8 Å². The van der Waals surface area contributed by atoms with Crippen LogP contribution in [0.3, 0.4) is 0 Å². The Morgan fingerprint density at radius 2 is 1.92 bits per heavy atom. The highest BCUT2D eigenvalue weighted by Crippen LogP contribution is 2.24. The number of morpholine rings is 1. The first kappa shape index (κ1) is 16.3. The van der Waals surface area contributed by atoms with Crippen LogP contribution in [0, 0.1) is 0 Å². The molecule has 25 heavy (non-hydrogen) atoms. The molecule has 2 aliphatic heterocycles. The van der Waals surface area contributed by atoms with Gasteiger partial charge in [-0.1, -0.05) is 0 Å². The van der Waals surface area contributed by atoms with E-state index < -0.39 is 0 Å². The molecule has 0 amide bonds. The number of rotatable bonds is 4. The molecule has 2 aromatic heterocycles. The summed E-state index contributed by atoms with van der Waals surface area (Å²) in [6.07, 6.45) is 4.00. The van der Waals surface area contributed by atoms with E-state index in [1.54, 1.807) is 6.20 Å². The molecular formula is C17H24N6O2. The second kappa shape index (κ2) is 7.37. The van der Waals surface area contributed by atoms with Crippen molar-refractivity contribution in [2.45, 2.75) is 18.9 Å². The average Bonchev–Trinajstić information content (AvgIpc) is 3.19. The summed E-state index contributed by atoms with van der Waals surface area (Å²) in [4.78, 5) is 13.6. The third kappa shape index (κ3) is 3.59. The third-order valence-electron chi connectivity index (χ3n) is 4.99. The largest absolute Gasteiger partial charge is 0.379 e. The number of nitrogens with one attached hydrogen (secondary N) is 1. The summed E-state index contributed by atoms with van der Waals surface area (Å²) in [6.45, 7) is 5.72. The highest BCUT2D eigenvalue weighted by atomic mass is 16.5. The zero-order valence-electron chi connectivity index (χ0n) is 14.5. The van der Waals surface area contributed by atoms with Gasteiger partial charge in [-0.3, -0.25) is 4.90 Å². The number of hydrogen-bond acceptors (Lipinski definition) is 8. The van der Waals surface area contributed by atoms with Crippen molar-refractivity contribution in [2.24, 2.45) is 0 Å². The Morgan fingerprint density at radius 3 is 2.60 bits per heavy atom. The summed E-state index contributed by atoms with van der Waals surface area (Å²) in [5, 5.41) is 7.16. The molecular weight excluding hydrogens is 320 g/mol. The second-order valence-corrected chi connectivity index (χ2v) is 6.45.